The van der Waals surface area contributed by atoms with Gasteiger partial charge in [0.2, 0.25) is 5.71 Å². The molecule has 0 bridgehead atoms. The number of nitrogens with zero attached hydrogens (tertiary/aromatic N) is 2. The lowest BCUT2D eigenvalue weighted by Crippen LogP contribution is -2.55. The molecule has 1 aliphatic carbocycles. The molecule has 2 amide bonds. The number of fused-ring (bicyclic) bond motifs is 1. The lowest BCUT2D eigenvalue weighted by Gasteiger charge is -2.27. The van der Waals surface area contributed by atoms with Crippen molar-refractivity contribution in [3.63, 3.8) is 0 Å². The summed E-state index contributed by atoms with van der Waals surface area (Å²) in [5.41, 5.74) is 0.824. The van der Waals surface area contributed by atoms with Crippen molar-refractivity contribution in [3.8, 4) is 0 Å². The van der Waals surface area contributed by atoms with Gasteiger partial charge in [0.1, 0.15) is 13.1 Å². The van der Waals surface area contributed by atoms with Crippen molar-refractivity contribution in [1.82, 2.24) is 4.90 Å². The number of allylic oxidation sites excluding steroid dienone is 2. The highest BCUT2D eigenvalue weighted by molar-refractivity contribution is 9.11. The molecule has 1 heterocycles. The van der Waals surface area contributed by atoms with Crippen molar-refractivity contribution < 1.29 is 14.2 Å². The zero-order valence-corrected chi connectivity index (χ0v) is 9.98. The van der Waals surface area contributed by atoms with Crippen molar-refractivity contribution >= 4 is 33.5 Å². The number of amides is 2. The second-order valence-electron chi connectivity index (χ2n) is 3.53. The van der Waals surface area contributed by atoms with Crippen molar-refractivity contribution in [2.75, 3.05) is 14.1 Å². The first-order valence-electron chi connectivity index (χ1n) is 4.49. The zero-order chi connectivity index (χ0) is 11.2. The van der Waals surface area contributed by atoms with Gasteiger partial charge in [-0.25, -0.2) is 4.79 Å². The van der Waals surface area contributed by atoms with E-state index in [-0.39, 0.29) is 6.04 Å². The first-order chi connectivity index (χ1) is 7.02. The third-order valence-electron chi connectivity index (χ3n) is 2.65. The Morgan fingerprint density at radius 2 is 2.07 bits per heavy atom. The van der Waals surface area contributed by atoms with E-state index >= 15 is 0 Å². The van der Waals surface area contributed by atoms with E-state index in [1.807, 2.05) is 18.2 Å². The van der Waals surface area contributed by atoms with E-state index in [1.165, 1.54) is 9.48 Å². The van der Waals surface area contributed by atoms with Crippen LogP contribution in [0.4, 0.5) is 0 Å². The molecule has 0 spiro atoms. The van der Waals surface area contributed by atoms with Crippen LogP contribution in [0.3, 0.4) is 0 Å². The second kappa shape index (κ2) is 3.41. The van der Waals surface area contributed by atoms with Gasteiger partial charge in [-0.2, -0.15) is 4.58 Å². The molecular weight excluding hydrogens is 260 g/mol. The fourth-order valence-electron chi connectivity index (χ4n) is 1.71. The van der Waals surface area contributed by atoms with Gasteiger partial charge < -0.3 is 4.90 Å². The molecule has 15 heavy (non-hydrogen) atoms. The molecule has 2 rings (SSSR count). The molecule has 5 heteroatoms. The maximum absolute atomic E-state index is 11.5. The number of hydrogen-bond acceptors (Lipinski definition) is 2. The first kappa shape index (κ1) is 10.3. The van der Waals surface area contributed by atoms with Crippen molar-refractivity contribution in [1.29, 1.82) is 0 Å². The number of hydrogen-bond donors (Lipinski definition) is 0. The molecule has 0 aromatic carbocycles. The first-order valence-corrected chi connectivity index (χ1v) is 5.29. The molecule has 0 radical (unpaired) electrons. The van der Waals surface area contributed by atoms with Crippen molar-refractivity contribution in [2.24, 2.45) is 0 Å². The van der Waals surface area contributed by atoms with Gasteiger partial charge in [-0.1, -0.05) is 15.9 Å². The molecule has 1 aliphatic heterocycles. The quantitative estimate of drug-likeness (QED) is 0.469. The highest BCUT2D eigenvalue weighted by Gasteiger charge is 2.42. The summed E-state index contributed by atoms with van der Waals surface area (Å²) < 4.78 is 2.32. The summed E-state index contributed by atoms with van der Waals surface area (Å²) in [7, 11) is 3.25. The Morgan fingerprint density at radius 1 is 1.40 bits per heavy atom. The minimum absolute atomic E-state index is 0.153. The van der Waals surface area contributed by atoms with Crippen LogP contribution in [-0.2, 0) is 9.59 Å². The normalized spacial score (nSPS) is 25.7. The Morgan fingerprint density at radius 3 is 2.73 bits per heavy atom. The summed E-state index contributed by atoms with van der Waals surface area (Å²) in [6.45, 7) is 0. The Labute approximate surface area is 95.7 Å². The molecule has 0 aromatic rings. The zero-order valence-electron chi connectivity index (χ0n) is 8.40. The Kier molecular flexibility index (Phi) is 2.34. The van der Waals surface area contributed by atoms with Gasteiger partial charge in [0.25, 0.3) is 0 Å². The number of carbonyl (C=O) groups excluding carboxylic acids is 2. The largest absolute Gasteiger partial charge is 0.477 e. The summed E-state index contributed by atoms with van der Waals surface area (Å²) >= 11 is 3.35. The highest BCUT2D eigenvalue weighted by Crippen LogP contribution is 2.20. The predicted molar refractivity (Wildman–Crippen MR) is 58.9 cm³/mol. The van der Waals surface area contributed by atoms with Crippen LogP contribution in [0.15, 0.2) is 22.7 Å². The maximum Gasteiger partial charge on any atom is 0.477 e. The monoisotopic (exact) mass is 269 g/mol. The molecule has 4 nitrogen and oxygen atoms in total. The lowest BCUT2D eigenvalue weighted by molar-refractivity contribution is -0.418. The number of halogens is 1. The molecule has 78 valence electrons. The van der Waals surface area contributed by atoms with Crippen molar-refractivity contribution in [3.05, 3.63) is 22.7 Å². The van der Waals surface area contributed by atoms with Crippen LogP contribution in [0.1, 0.15) is 0 Å². The molecule has 0 fully saturated rings. The summed E-state index contributed by atoms with van der Waals surface area (Å²) in [5.74, 6) is -0.960. The molecular formula is C10H10BrN2O2+. The maximum atomic E-state index is 11.5. The molecule has 0 aromatic heterocycles. The minimum atomic E-state index is -0.486. The van der Waals surface area contributed by atoms with Gasteiger partial charge in [0.05, 0.1) is 0 Å². The van der Waals surface area contributed by atoms with Gasteiger partial charge in [-0.3, -0.25) is 4.79 Å². The SMILES string of the molecule is CN1C(=O)C(=O)[N+](C)=C2C=CC(Br)=CC21. The predicted octanol–water partition coefficient (Wildman–Crippen LogP) is 0.286. The lowest BCUT2D eigenvalue weighted by atomic mass is 10.0. The van der Waals surface area contributed by atoms with E-state index in [1.54, 1.807) is 14.1 Å². The summed E-state index contributed by atoms with van der Waals surface area (Å²) in [6.07, 6.45) is 5.60. The minimum Gasteiger partial charge on any atom is -0.317 e. The van der Waals surface area contributed by atoms with E-state index < -0.39 is 11.8 Å². The van der Waals surface area contributed by atoms with Gasteiger partial charge in [0, 0.05) is 17.6 Å². The third-order valence-corrected chi connectivity index (χ3v) is 3.17. The van der Waals surface area contributed by atoms with Crippen molar-refractivity contribution in [2.45, 2.75) is 6.04 Å². The van der Waals surface area contributed by atoms with E-state index in [9.17, 15) is 9.59 Å². The van der Waals surface area contributed by atoms with E-state index in [2.05, 4.69) is 15.9 Å². The standard InChI is InChI=1S/C10H10BrN2O2/c1-12-7-4-3-6(11)5-8(7)13(2)10(15)9(12)14/h3-5,8H,1-2H3/q+1. The average Bonchev–Trinajstić information content (AvgIpc) is 2.23. The van der Waals surface area contributed by atoms with Gasteiger partial charge in [-0.15, -0.1) is 0 Å². The van der Waals surface area contributed by atoms with Crippen LogP contribution in [-0.4, -0.2) is 47.1 Å². The Hall–Kier alpha value is -1.23. The van der Waals surface area contributed by atoms with Crippen LogP contribution in [0.25, 0.3) is 0 Å². The summed E-state index contributed by atoms with van der Waals surface area (Å²) in [4.78, 5) is 24.5. The van der Waals surface area contributed by atoms with E-state index in [0.717, 1.165) is 10.2 Å². The average molecular weight is 270 g/mol. The molecule has 1 atom stereocenters. The van der Waals surface area contributed by atoms with E-state index in [0.29, 0.717) is 0 Å². The van der Waals surface area contributed by atoms with Gasteiger partial charge in [0.15, 0.2) is 0 Å². The molecule has 0 N–H and O–H groups in total. The fourth-order valence-corrected chi connectivity index (χ4v) is 2.10. The van der Waals surface area contributed by atoms with Crippen LogP contribution in [0.5, 0.6) is 0 Å². The highest BCUT2D eigenvalue weighted by atomic mass is 79.9. The summed E-state index contributed by atoms with van der Waals surface area (Å²) in [5, 5.41) is 0. The van der Waals surface area contributed by atoms with Gasteiger partial charge >= 0.3 is 11.8 Å². The second-order valence-corrected chi connectivity index (χ2v) is 4.45. The van der Waals surface area contributed by atoms with Crippen LogP contribution < -0.4 is 0 Å². The smallest absolute Gasteiger partial charge is 0.317 e. The number of likely N-dealkylation sites (N-methyl/N-ethyl adjacent to an activating group) is 2. The molecule has 2 aliphatic rings. The van der Waals surface area contributed by atoms with Crippen LogP contribution >= 0.6 is 15.9 Å². The van der Waals surface area contributed by atoms with Crippen LogP contribution in [0, 0.1) is 0 Å². The van der Waals surface area contributed by atoms with Crippen LogP contribution in [0.2, 0.25) is 0 Å². The van der Waals surface area contributed by atoms with E-state index in [4.69, 9.17) is 0 Å². The third kappa shape index (κ3) is 1.47. The topological polar surface area (TPSA) is 40.4 Å². The molecule has 0 saturated carbocycles. The Balaban J connectivity index is 2.57. The fraction of sp³-hybridized carbons (Fsp3) is 0.300. The number of carbonyl (C=O) groups is 2. The Bertz CT molecular complexity index is 448. The number of rotatable bonds is 0. The van der Waals surface area contributed by atoms with Gasteiger partial charge in [-0.05, 0) is 12.2 Å². The summed E-state index contributed by atoms with van der Waals surface area (Å²) in [6, 6.07) is -0.153. The molecule has 1 unspecified atom stereocenters. The molecule has 0 saturated heterocycles.